The first kappa shape index (κ1) is 12.5. The second kappa shape index (κ2) is 6.89. The molecule has 0 aliphatic rings. The third-order valence-corrected chi connectivity index (χ3v) is 0.903. The van der Waals surface area contributed by atoms with Gasteiger partial charge in [0.15, 0.2) is 0 Å². The minimum atomic E-state index is 0. The predicted molar refractivity (Wildman–Crippen MR) is 42.5 cm³/mol. The van der Waals surface area contributed by atoms with E-state index in [1.165, 1.54) is 0 Å². The third-order valence-electron chi connectivity index (χ3n) is 0.903. The van der Waals surface area contributed by atoms with Gasteiger partial charge in [-0.05, 0) is 12.1 Å². The number of nitrogens with zero attached hydrogens (tertiary/aromatic N) is 1. The van der Waals surface area contributed by atoms with E-state index in [0.29, 0.717) is 5.56 Å². The van der Waals surface area contributed by atoms with E-state index < -0.39 is 0 Å². The molecule has 0 radical (unpaired) electrons. The van der Waals surface area contributed by atoms with Gasteiger partial charge in [-0.1, -0.05) is 26.6 Å². The SMILES string of the molecule is N#Cc1ccccc1.[BH4-].[Na+]. The molecule has 46 valence electrons. The Labute approximate surface area is 84.9 Å². The van der Waals surface area contributed by atoms with Crippen LogP contribution in [0.3, 0.4) is 0 Å². The zero-order chi connectivity index (χ0) is 5.82. The third kappa shape index (κ3) is 3.73. The average molecular weight is 141 g/mol. The quantitative estimate of drug-likeness (QED) is 0.356. The molecular weight excluding hydrogens is 132 g/mol. The molecular formula is C7H9BNNa. The van der Waals surface area contributed by atoms with Crippen LogP contribution < -0.4 is 29.6 Å². The van der Waals surface area contributed by atoms with Crippen molar-refractivity contribution in [2.24, 2.45) is 0 Å². The van der Waals surface area contributed by atoms with Crippen LogP contribution in [-0.4, -0.2) is 8.41 Å². The molecule has 0 unspecified atom stereocenters. The van der Waals surface area contributed by atoms with Gasteiger partial charge in [-0.15, -0.1) is 0 Å². The summed E-state index contributed by atoms with van der Waals surface area (Å²) in [7, 11) is 0. The first-order valence-electron chi connectivity index (χ1n) is 2.38. The molecule has 3 heteroatoms. The standard InChI is InChI=1S/C7H5N.BH4.Na/c8-6-7-4-2-1-3-5-7;;/h1-5H;1H4;/q;-1;+1. The van der Waals surface area contributed by atoms with Gasteiger partial charge in [-0.3, -0.25) is 0 Å². The van der Waals surface area contributed by atoms with Crippen LogP contribution in [-0.2, 0) is 0 Å². The van der Waals surface area contributed by atoms with Crippen molar-refractivity contribution in [2.75, 3.05) is 0 Å². The molecule has 0 heterocycles. The molecule has 0 aromatic heterocycles. The summed E-state index contributed by atoms with van der Waals surface area (Å²) in [4.78, 5) is 0. The summed E-state index contributed by atoms with van der Waals surface area (Å²) in [5, 5.41) is 8.29. The normalized spacial score (nSPS) is 6.30. The smallest absolute Gasteiger partial charge is 0.192 e. The molecule has 1 aromatic carbocycles. The second-order valence-electron chi connectivity index (χ2n) is 1.48. The zero-order valence-electron chi connectivity index (χ0n) is 5.33. The van der Waals surface area contributed by atoms with Crippen molar-refractivity contribution >= 4 is 8.41 Å². The van der Waals surface area contributed by atoms with E-state index in [4.69, 9.17) is 5.26 Å². The van der Waals surface area contributed by atoms with E-state index >= 15 is 0 Å². The molecule has 0 fully saturated rings. The Kier molecular flexibility index (Phi) is 8.58. The van der Waals surface area contributed by atoms with Gasteiger partial charge in [0.05, 0.1) is 11.6 Å². The fourth-order valence-electron chi connectivity index (χ4n) is 0.513. The molecule has 0 saturated carbocycles. The molecule has 0 N–H and O–H groups in total. The molecule has 0 aliphatic carbocycles. The average Bonchev–Trinajstić information content (AvgIpc) is 1.90. The van der Waals surface area contributed by atoms with Gasteiger partial charge in [0.25, 0.3) is 0 Å². The van der Waals surface area contributed by atoms with Crippen molar-refractivity contribution in [2.45, 2.75) is 0 Å². The molecule has 0 spiro atoms. The Bertz CT molecular complexity index is 205. The zero-order valence-corrected chi connectivity index (χ0v) is 7.33. The number of hydrogen-bond acceptors (Lipinski definition) is 1. The van der Waals surface area contributed by atoms with Crippen molar-refractivity contribution in [1.82, 2.24) is 0 Å². The number of benzene rings is 1. The molecule has 10 heavy (non-hydrogen) atoms. The Hall–Kier alpha value is -0.225. The molecule has 0 amide bonds. The minimum absolute atomic E-state index is 0. The van der Waals surface area contributed by atoms with Crippen LogP contribution in [0.2, 0.25) is 0 Å². The van der Waals surface area contributed by atoms with Gasteiger partial charge in [0.1, 0.15) is 0 Å². The molecule has 1 rings (SSSR count). The van der Waals surface area contributed by atoms with Crippen molar-refractivity contribution in [3.63, 3.8) is 0 Å². The first-order chi connectivity index (χ1) is 3.93. The summed E-state index contributed by atoms with van der Waals surface area (Å²) < 4.78 is 0. The van der Waals surface area contributed by atoms with E-state index in [1.54, 1.807) is 12.1 Å². The van der Waals surface area contributed by atoms with Crippen LogP contribution in [0.25, 0.3) is 0 Å². The Balaban J connectivity index is 0. The van der Waals surface area contributed by atoms with E-state index in [0.717, 1.165) is 0 Å². The number of rotatable bonds is 0. The van der Waals surface area contributed by atoms with Crippen LogP contribution in [0.15, 0.2) is 30.3 Å². The maximum Gasteiger partial charge on any atom is 1.00 e. The Morgan fingerprint density at radius 2 is 1.60 bits per heavy atom. The van der Waals surface area contributed by atoms with E-state index in [2.05, 4.69) is 0 Å². The van der Waals surface area contributed by atoms with Gasteiger partial charge < -0.3 is 0 Å². The summed E-state index contributed by atoms with van der Waals surface area (Å²) in [6.07, 6.45) is 0. The first-order valence-corrected chi connectivity index (χ1v) is 2.38. The van der Waals surface area contributed by atoms with E-state index in [-0.39, 0.29) is 38.0 Å². The van der Waals surface area contributed by atoms with Crippen LogP contribution in [0.5, 0.6) is 0 Å². The maximum atomic E-state index is 8.29. The van der Waals surface area contributed by atoms with Crippen LogP contribution in [0.1, 0.15) is 5.56 Å². The summed E-state index contributed by atoms with van der Waals surface area (Å²) in [5.41, 5.74) is 0.715. The molecule has 0 bridgehead atoms. The molecule has 0 saturated heterocycles. The van der Waals surface area contributed by atoms with E-state index in [9.17, 15) is 0 Å². The fraction of sp³-hybridized carbons (Fsp3) is 0. The molecule has 1 aromatic rings. The Morgan fingerprint density at radius 3 is 1.90 bits per heavy atom. The van der Waals surface area contributed by atoms with Crippen LogP contribution in [0, 0.1) is 11.3 Å². The van der Waals surface area contributed by atoms with Crippen LogP contribution in [0.4, 0.5) is 0 Å². The second-order valence-corrected chi connectivity index (χ2v) is 1.48. The number of hydrogen-bond donors (Lipinski definition) is 0. The van der Waals surface area contributed by atoms with Gasteiger partial charge in [-0.25, -0.2) is 0 Å². The minimum Gasteiger partial charge on any atom is -0.192 e. The summed E-state index contributed by atoms with van der Waals surface area (Å²) in [6, 6.07) is 11.2. The van der Waals surface area contributed by atoms with Crippen LogP contribution >= 0.6 is 0 Å². The van der Waals surface area contributed by atoms with Crippen molar-refractivity contribution < 1.29 is 29.6 Å². The van der Waals surface area contributed by atoms with Gasteiger partial charge >= 0.3 is 29.6 Å². The summed E-state index contributed by atoms with van der Waals surface area (Å²) in [6.45, 7) is 0. The van der Waals surface area contributed by atoms with Gasteiger partial charge in [0, 0.05) is 0 Å². The Morgan fingerprint density at radius 1 is 1.10 bits per heavy atom. The van der Waals surface area contributed by atoms with Gasteiger partial charge in [-0.2, -0.15) is 5.26 Å². The van der Waals surface area contributed by atoms with Crippen molar-refractivity contribution in [1.29, 1.82) is 5.26 Å². The molecule has 0 aliphatic heterocycles. The maximum absolute atomic E-state index is 8.29. The number of nitriles is 1. The van der Waals surface area contributed by atoms with Crippen molar-refractivity contribution in [3.05, 3.63) is 35.9 Å². The predicted octanol–water partition coefficient (Wildman–Crippen LogP) is -2.89. The summed E-state index contributed by atoms with van der Waals surface area (Å²) in [5.74, 6) is 0. The topological polar surface area (TPSA) is 23.8 Å². The van der Waals surface area contributed by atoms with Gasteiger partial charge in [0.2, 0.25) is 0 Å². The largest absolute Gasteiger partial charge is 1.00 e. The van der Waals surface area contributed by atoms with Crippen molar-refractivity contribution in [3.8, 4) is 6.07 Å². The molecule has 0 atom stereocenters. The monoisotopic (exact) mass is 141 g/mol. The summed E-state index contributed by atoms with van der Waals surface area (Å²) >= 11 is 0. The molecule has 1 nitrogen and oxygen atoms in total. The fourth-order valence-corrected chi connectivity index (χ4v) is 0.513. The van der Waals surface area contributed by atoms with E-state index in [1.807, 2.05) is 24.3 Å².